The number of hydrogen-bond donors (Lipinski definition) is 0. The number of methoxy groups -OCH3 is 1. The quantitative estimate of drug-likeness (QED) is 0.742. The standard InChI is InChI=1S/C14H19BF3O2.K/c1-19-12-7-8-14(13(9-12)15(16,17)18)20-10-11-5-3-2-4-6-11;/h7-9,11H,2-6,10H2,1H3;/q-1;+1. The minimum absolute atomic E-state index is 0. The molecule has 2 rings (SSSR count). The molecule has 0 radical (unpaired) electrons. The van der Waals surface area contributed by atoms with Crippen molar-refractivity contribution in [1.29, 1.82) is 0 Å². The van der Waals surface area contributed by atoms with Crippen LogP contribution >= 0.6 is 0 Å². The van der Waals surface area contributed by atoms with E-state index in [1.165, 1.54) is 25.7 Å². The molecule has 0 atom stereocenters. The molecule has 1 aliphatic rings. The average molecular weight is 326 g/mol. The van der Waals surface area contributed by atoms with Crippen molar-refractivity contribution < 1.29 is 73.8 Å². The molecular formula is C14H19BF3KO2. The Bertz CT molecular complexity index is 448. The summed E-state index contributed by atoms with van der Waals surface area (Å²) in [6, 6.07) is 3.87. The molecule has 21 heavy (non-hydrogen) atoms. The number of rotatable bonds is 5. The van der Waals surface area contributed by atoms with Gasteiger partial charge in [-0.15, -0.1) is 0 Å². The fraction of sp³-hybridized carbons (Fsp3) is 0.571. The summed E-state index contributed by atoms with van der Waals surface area (Å²) < 4.78 is 49.5. The van der Waals surface area contributed by atoms with Crippen molar-refractivity contribution in [2.24, 2.45) is 5.92 Å². The smallest absolute Gasteiger partial charge is 0.497 e. The molecule has 0 aromatic heterocycles. The molecule has 0 bridgehead atoms. The predicted molar refractivity (Wildman–Crippen MR) is 73.8 cm³/mol. The second-order valence-electron chi connectivity index (χ2n) is 5.29. The number of hydrogen-bond acceptors (Lipinski definition) is 2. The van der Waals surface area contributed by atoms with Crippen LogP contribution in [0.1, 0.15) is 32.1 Å². The van der Waals surface area contributed by atoms with E-state index in [1.807, 2.05) is 0 Å². The zero-order chi connectivity index (χ0) is 14.6. The van der Waals surface area contributed by atoms with Gasteiger partial charge in [-0.25, -0.2) is 0 Å². The second-order valence-corrected chi connectivity index (χ2v) is 5.29. The Morgan fingerprint density at radius 1 is 1.14 bits per heavy atom. The van der Waals surface area contributed by atoms with Crippen molar-refractivity contribution in [3.63, 3.8) is 0 Å². The van der Waals surface area contributed by atoms with E-state index in [0.717, 1.165) is 31.7 Å². The second kappa shape index (κ2) is 8.82. The Hall–Kier alpha value is 0.311. The Kier molecular flexibility index (Phi) is 8.13. The zero-order valence-electron chi connectivity index (χ0n) is 12.6. The Balaban J connectivity index is 0.00000220. The third-order valence-electron chi connectivity index (χ3n) is 3.77. The third kappa shape index (κ3) is 5.78. The van der Waals surface area contributed by atoms with E-state index in [1.54, 1.807) is 0 Å². The summed E-state index contributed by atoms with van der Waals surface area (Å²) in [7, 11) is 1.35. The molecule has 0 unspecified atom stereocenters. The van der Waals surface area contributed by atoms with Crippen molar-refractivity contribution in [2.45, 2.75) is 32.1 Å². The SMILES string of the molecule is COc1ccc(OCC2CCCCC2)c([B-](F)(F)F)c1.[K+]. The fourth-order valence-electron chi connectivity index (χ4n) is 2.60. The summed E-state index contributed by atoms with van der Waals surface area (Å²) >= 11 is 0. The first-order chi connectivity index (χ1) is 9.50. The van der Waals surface area contributed by atoms with Crippen molar-refractivity contribution in [2.75, 3.05) is 13.7 Å². The summed E-state index contributed by atoms with van der Waals surface area (Å²) in [6.45, 7) is -4.73. The van der Waals surface area contributed by atoms with Crippen LogP contribution in [0.2, 0.25) is 0 Å². The van der Waals surface area contributed by atoms with Gasteiger partial charge in [0.1, 0.15) is 5.75 Å². The summed E-state index contributed by atoms with van der Waals surface area (Å²) in [6.07, 6.45) is 5.60. The summed E-state index contributed by atoms with van der Waals surface area (Å²) in [5.41, 5.74) is -0.708. The van der Waals surface area contributed by atoms with Gasteiger partial charge in [-0.3, -0.25) is 0 Å². The maximum atomic E-state index is 13.1. The van der Waals surface area contributed by atoms with Crippen LogP contribution in [0.15, 0.2) is 18.2 Å². The molecule has 1 aromatic carbocycles. The van der Waals surface area contributed by atoms with E-state index in [4.69, 9.17) is 9.47 Å². The molecule has 0 N–H and O–H groups in total. The maximum absolute atomic E-state index is 13.1. The molecule has 0 amide bonds. The van der Waals surface area contributed by atoms with Crippen LogP contribution in [0.4, 0.5) is 12.9 Å². The molecular weight excluding hydrogens is 307 g/mol. The molecule has 1 aliphatic carbocycles. The molecule has 0 spiro atoms. The number of halogens is 3. The minimum atomic E-state index is -5.10. The number of ether oxygens (including phenoxy) is 2. The van der Waals surface area contributed by atoms with Crippen LogP contribution in [-0.4, -0.2) is 20.7 Å². The Labute approximate surface area is 166 Å². The van der Waals surface area contributed by atoms with Gasteiger partial charge >= 0.3 is 58.4 Å². The molecule has 1 saturated carbocycles. The van der Waals surface area contributed by atoms with E-state index in [2.05, 4.69) is 0 Å². The monoisotopic (exact) mass is 326 g/mol. The summed E-state index contributed by atoms with van der Waals surface area (Å²) in [4.78, 5) is 0. The molecule has 112 valence electrons. The molecule has 1 aromatic rings. The summed E-state index contributed by atoms with van der Waals surface area (Å²) in [5, 5.41) is 0. The normalized spacial score (nSPS) is 16.2. The van der Waals surface area contributed by atoms with Gasteiger partial charge in [0, 0.05) is 0 Å². The van der Waals surface area contributed by atoms with Gasteiger partial charge in [0.2, 0.25) is 0 Å². The molecule has 7 heteroatoms. The van der Waals surface area contributed by atoms with Gasteiger partial charge in [-0.1, -0.05) is 24.7 Å². The van der Waals surface area contributed by atoms with Crippen molar-refractivity contribution in [3.8, 4) is 11.5 Å². The van der Waals surface area contributed by atoms with Gasteiger partial charge in [0.15, 0.2) is 0 Å². The van der Waals surface area contributed by atoms with Gasteiger partial charge in [-0.2, -0.15) is 0 Å². The topological polar surface area (TPSA) is 18.5 Å². The van der Waals surface area contributed by atoms with Crippen LogP contribution in [0, 0.1) is 5.92 Å². The Morgan fingerprint density at radius 2 is 1.81 bits per heavy atom. The van der Waals surface area contributed by atoms with Crippen LogP contribution in [0.5, 0.6) is 11.5 Å². The molecule has 2 nitrogen and oxygen atoms in total. The van der Waals surface area contributed by atoms with E-state index < -0.39 is 12.4 Å². The minimum Gasteiger partial charge on any atom is -0.497 e. The molecule has 0 saturated heterocycles. The van der Waals surface area contributed by atoms with Crippen molar-refractivity contribution in [3.05, 3.63) is 18.2 Å². The van der Waals surface area contributed by atoms with Gasteiger partial charge in [-0.05, 0) is 37.0 Å². The summed E-state index contributed by atoms with van der Waals surface area (Å²) in [5.74, 6) is 0.493. The Morgan fingerprint density at radius 3 is 2.38 bits per heavy atom. The van der Waals surface area contributed by atoms with Crippen molar-refractivity contribution >= 4 is 12.4 Å². The predicted octanol–water partition coefficient (Wildman–Crippen LogP) is 0.713. The van der Waals surface area contributed by atoms with Crippen LogP contribution in [0.25, 0.3) is 0 Å². The van der Waals surface area contributed by atoms with Crippen LogP contribution in [0.3, 0.4) is 0 Å². The third-order valence-corrected chi connectivity index (χ3v) is 3.77. The van der Waals surface area contributed by atoms with Crippen molar-refractivity contribution in [1.82, 2.24) is 0 Å². The first-order valence-corrected chi connectivity index (χ1v) is 7.01. The fourth-order valence-corrected chi connectivity index (χ4v) is 2.60. The largest absolute Gasteiger partial charge is 1.00 e. The first kappa shape index (κ1) is 19.4. The molecule has 0 aliphatic heterocycles. The van der Waals surface area contributed by atoms with E-state index in [9.17, 15) is 12.9 Å². The van der Waals surface area contributed by atoms with Crippen LogP contribution in [-0.2, 0) is 0 Å². The van der Waals surface area contributed by atoms with E-state index in [0.29, 0.717) is 12.5 Å². The van der Waals surface area contributed by atoms with Crippen LogP contribution < -0.4 is 66.3 Å². The molecule has 0 heterocycles. The number of benzene rings is 1. The maximum Gasteiger partial charge on any atom is 1.00 e. The van der Waals surface area contributed by atoms with Gasteiger partial charge in [0.05, 0.1) is 19.5 Å². The van der Waals surface area contributed by atoms with Gasteiger partial charge < -0.3 is 22.4 Å². The van der Waals surface area contributed by atoms with E-state index in [-0.39, 0.29) is 62.9 Å². The van der Waals surface area contributed by atoms with Gasteiger partial charge in [0.25, 0.3) is 0 Å². The average Bonchev–Trinajstić information content (AvgIpc) is 2.45. The molecule has 1 fully saturated rings. The first-order valence-electron chi connectivity index (χ1n) is 7.01. The zero-order valence-corrected chi connectivity index (χ0v) is 15.7. The van der Waals surface area contributed by atoms with E-state index >= 15 is 0 Å².